The summed E-state index contributed by atoms with van der Waals surface area (Å²) in [6.45, 7) is 18.8. The molecule has 3 aliphatic rings. The van der Waals surface area contributed by atoms with Crippen LogP contribution in [0.2, 0.25) is 31.0 Å². The van der Waals surface area contributed by atoms with E-state index in [9.17, 15) is 14.5 Å². The largest absolute Gasteiger partial charge is 0.443 e. The van der Waals surface area contributed by atoms with Crippen LogP contribution in [0.4, 0.5) is 10.6 Å². The van der Waals surface area contributed by atoms with Crippen molar-refractivity contribution in [2.75, 3.05) is 37.9 Å². The Morgan fingerprint density at radius 3 is 2.40 bits per heavy atom. The summed E-state index contributed by atoms with van der Waals surface area (Å²) < 4.78 is 65.6. The van der Waals surface area contributed by atoms with E-state index in [0.29, 0.717) is 23.6 Å². The summed E-state index contributed by atoms with van der Waals surface area (Å²) in [7, 11) is -5.55. The molecule has 0 aromatic carbocycles. The van der Waals surface area contributed by atoms with E-state index in [0.717, 1.165) is 31.7 Å². The van der Waals surface area contributed by atoms with E-state index in [4.69, 9.17) is 49.1 Å². The number of carbonyl (C=O) groups is 1. The van der Waals surface area contributed by atoms with E-state index < -0.39 is 69.5 Å². The number of ether oxygens (including phenoxy) is 6. The van der Waals surface area contributed by atoms with E-state index in [1.807, 2.05) is 32.9 Å². The molecule has 1 N–H and O–H groups in total. The molecule has 6 rings (SSSR count). The Morgan fingerprint density at radius 2 is 1.77 bits per heavy atom. The number of halogens is 1. The molecular weight excluding hydrogens is 839 g/mol. The summed E-state index contributed by atoms with van der Waals surface area (Å²) in [5.74, 6) is -0.567. The highest BCUT2D eigenvalue weighted by atomic mass is 35.5. The van der Waals surface area contributed by atoms with Crippen molar-refractivity contribution in [3.05, 3.63) is 28.9 Å². The summed E-state index contributed by atoms with van der Waals surface area (Å²) in [4.78, 5) is 21.3. The van der Waals surface area contributed by atoms with Crippen molar-refractivity contribution in [3.63, 3.8) is 0 Å². The number of aliphatic hydroxyl groups is 1. The van der Waals surface area contributed by atoms with Gasteiger partial charge in [0.25, 0.3) is 0 Å². The van der Waals surface area contributed by atoms with Gasteiger partial charge in [0.1, 0.15) is 35.5 Å². The number of anilines is 1. The predicted molar refractivity (Wildman–Crippen MR) is 223 cm³/mol. The van der Waals surface area contributed by atoms with Crippen LogP contribution in [0.5, 0.6) is 0 Å². The van der Waals surface area contributed by atoms with Crippen molar-refractivity contribution in [3.8, 4) is 0 Å². The number of rotatable bonds is 19. The molecule has 0 spiro atoms. The van der Waals surface area contributed by atoms with Gasteiger partial charge in [0, 0.05) is 20.7 Å². The van der Waals surface area contributed by atoms with Gasteiger partial charge in [-0.15, -0.1) is 20.1 Å². The Labute approximate surface area is 357 Å². The fourth-order valence-electron chi connectivity index (χ4n) is 7.74. The van der Waals surface area contributed by atoms with Crippen LogP contribution in [-0.2, 0) is 55.2 Å². The van der Waals surface area contributed by atoms with Crippen molar-refractivity contribution in [2.45, 2.75) is 160 Å². The standard InChI is InChI=1S/C38H62ClN8O11PSi/c1-11-53-59(50,54-12-2)38(23-48,21-29-41-44-45(42-29)24-51-19-20-60(8,9)10)52-22-28-31-32(57-37(6,7)56-31)30(55-28)26-17-18-27-33(40-34(39)43-47(26)27)46(25-15-13-14-16-25)35(49)58-36(3,4)5/h17-18,25,28,30-32,48H,11-16,19-24H2,1-10H3/t28-,30-,31-,32+,38-/m1/s1. The first-order chi connectivity index (χ1) is 28.2. The van der Waals surface area contributed by atoms with Crippen LogP contribution in [0.1, 0.15) is 91.8 Å². The number of aliphatic hydroxyl groups excluding tert-OH is 1. The number of tetrazole rings is 1. The highest BCUT2D eigenvalue weighted by Gasteiger charge is 2.59. The van der Waals surface area contributed by atoms with Crippen molar-refractivity contribution in [2.24, 2.45) is 0 Å². The highest BCUT2D eigenvalue weighted by molar-refractivity contribution is 7.55. The van der Waals surface area contributed by atoms with E-state index >= 15 is 0 Å². The molecule has 3 fully saturated rings. The summed E-state index contributed by atoms with van der Waals surface area (Å²) >= 11 is 6.62. The second kappa shape index (κ2) is 18.6. The number of aromatic nitrogens is 7. The van der Waals surface area contributed by atoms with Gasteiger partial charge >= 0.3 is 13.7 Å². The molecule has 0 unspecified atom stereocenters. The second-order valence-electron chi connectivity index (χ2n) is 18.1. The molecule has 0 radical (unpaired) electrons. The zero-order valence-electron chi connectivity index (χ0n) is 36.5. The molecule has 5 atom stereocenters. The number of amides is 1. The summed E-state index contributed by atoms with van der Waals surface area (Å²) in [5, 5.41) is 26.3. The van der Waals surface area contributed by atoms with E-state index in [1.165, 1.54) is 4.80 Å². The van der Waals surface area contributed by atoms with Crippen molar-refractivity contribution >= 4 is 44.7 Å². The first-order valence-corrected chi connectivity index (χ1v) is 26.4. The Balaban J connectivity index is 1.30. The molecule has 1 aliphatic carbocycles. The molecule has 3 aromatic heterocycles. The molecular formula is C38H62ClN8O11PSi. The lowest BCUT2D eigenvalue weighted by Crippen LogP contribution is -2.44. The van der Waals surface area contributed by atoms with Gasteiger partial charge in [-0.2, -0.15) is 4.98 Å². The fourth-order valence-corrected chi connectivity index (χ4v) is 10.6. The van der Waals surface area contributed by atoms with Crippen LogP contribution >= 0.6 is 19.2 Å². The van der Waals surface area contributed by atoms with Gasteiger partial charge in [-0.3, -0.25) is 9.46 Å². The molecule has 1 saturated carbocycles. The minimum absolute atomic E-state index is 0.00503. The lowest BCUT2D eigenvalue weighted by Gasteiger charge is -2.37. The molecule has 3 aromatic rings. The molecule has 2 aliphatic heterocycles. The lowest BCUT2D eigenvalue weighted by atomic mass is 10.1. The van der Waals surface area contributed by atoms with Gasteiger partial charge in [0.15, 0.2) is 29.5 Å². The van der Waals surface area contributed by atoms with E-state index in [1.54, 1.807) is 37.1 Å². The highest BCUT2D eigenvalue weighted by Crippen LogP contribution is 2.62. The maximum Gasteiger partial charge on any atom is 0.416 e. The van der Waals surface area contributed by atoms with Gasteiger partial charge in [-0.05, 0) is 96.3 Å². The van der Waals surface area contributed by atoms with Crippen LogP contribution in [-0.4, -0.2) is 128 Å². The zero-order chi connectivity index (χ0) is 43.7. The third-order valence-electron chi connectivity index (χ3n) is 10.4. The van der Waals surface area contributed by atoms with E-state index in [2.05, 4.69) is 45.1 Å². The maximum absolute atomic E-state index is 14.7. The fraction of sp³-hybridized carbons (Fsp3) is 0.789. The van der Waals surface area contributed by atoms with Gasteiger partial charge < -0.3 is 42.6 Å². The number of hydrogen-bond acceptors (Lipinski definition) is 16. The zero-order valence-corrected chi connectivity index (χ0v) is 39.1. The smallest absolute Gasteiger partial charge is 0.416 e. The van der Waals surface area contributed by atoms with Gasteiger partial charge in [-0.1, -0.05) is 32.5 Å². The number of fused-ring (bicyclic) bond motifs is 2. The average Bonchev–Trinajstić information content (AvgIpc) is 3.99. The molecule has 19 nitrogen and oxygen atoms in total. The van der Waals surface area contributed by atoms with Gasteiger partial charge in [0.2, 0.25) is 5.28 Å². The second-order valence-corrected chi connectivity index (χ2v) is 26.3. The Kier molecular flexibility index (Phi) is 14.5. The Morgan fingerprint density at radius 1 is 1.08 bits per heavy atom. The van der Waals surface area contributed by atoms with Gasteiger partial charge in [0.05, 0.1) is 38.5 Å². The van der Waals surface area contributed by atoms with Crippen LogP contribution in [0, 0.1) is 0 Å². The van der Waals surface area contributed by atoms with Crippen LogP contribution < -0.4 is 4.90 Å². The first-order valence-electron chi connectivity index (χ1n) is 20.8. The maximum atomic E-state index is 14.7. The average molecular weight is 901 g/mol. The molecule has 5 heterocycles. The summed E-state index contributed by atoms with van der Waals surface area (Å²) in [6.07, 6.45) is -0.269. The molecule has 1 amide bonds. The molecule has 336 valence electrons. The third kappa shape index (κ3) is 10.6. The summed E-state index contributed by atoms with van der Waals surface area (Å²) in [5.41, 5.74) is 0.329. The topological polar surface area (TPSA) is 205 Å². The molecule has 60 heavy (non-hydrogen) atoms. The van der Waals surface area contributed by atoms with Gasteiger partial charge in [-0.25, -0.2) is 9.31 Å². The van der Waals surface area contributed by atoms with Crippen LogP contribution in [0.15, 0.2) is 12.1 Å². The Hall–Kier alpha value is -2.62. The normalized spacial score (nSPS) is 23.3. The van der Waals surface area contributed by atoms with Crippen LogP contribution in [0.3, 0.4) is 0 Å². The van der Waals surface area contributed by atoms with Crippen molar-refractivity contribution in [1.82, 2.24) is 34.8 Å². The number of nitrogens with zero attached hydrogens (tertiary/aromatic N) is 8. The molecule has 22 heteroatoms. The minimum Gasteiger partial charge on any atom is -0.443 e. The summed E-state index contributed by atoms with van der Waals surface area (Å²) in [6, 6.07) is 4.46. The first kappa shape index (κ1) is 46.9. The monoisotopic (exact) mass is 900 g/mol. The molecule has 0 bridgehead atoms. The lowest BCUT2D eigenvalue weighted by molar-refractivity contribution is -0.198. The van der Waals surface area contributed by atoms with Crippen molar-refractivity contribution < 1.29 is 51.9 Å². The minimum atomic E-state index is -4.24. The predicted octanol–water partition coefficient (Wildman–Crippen LogP) is 6.54. The SMILES string of the molecule is CCOP(=O)(OCC)[C@@](CO)(Cc1nnn(COCC[Si](C)(C)C)n1)OC[C@H]1O[C@H](c2ccc3c(N(C(=O)OC(C)(C)C)C4CCCC4)nc(Cl)nn23)[C@@H]2OC(C)(C)O[C@@H]21. The molecule has 2 saturated heterocycles. The van der Waals surface area contributed by atoms with E-state index in [-0.39, 0.29) is 50.1 Å². The number of hydrogen-bond donors (Lipinski definition) is 1. The van der Waals surface area contributed by atoms with Crippen LogP contribution in [0.25, 0.3) is 5.52 Å². The number of carbonyl (C=O) groups excluding carboxylic acids is 1. The quantitative estimate of drug-likeness (QED) is 0.0770. The Bertz CT molecular complexity index is 1980. The third-order valence-corrected chi connectivity index (χ3v) is 14.9. The van der Waals surface area contributed by atoms with Crippen molar-refractivity contribution in [1.29, 1.82) is 0 Å².